The molecule has 0 aliphatic rings. The van der Waals surface area contributed by atoms with Crippen molar-refractivity contribution in [1.82, 2.24) is 19.7 Å². The molecule has 3 aromatic rings. The number of nitrogens with zero attached hydrogens (tertiary/aromatic N) is 4. The van der Waals surface area contributed by atoms with Crippen LogP contribution in [0.2, 0.25) is 5.02 Å². The Labute approximate surface area is 151 Å². The molecule has 25 heavy (non-hydrogen) atoms. The summed E-state index contributed by atoms with van der Waals surface area (Å²) in [5, 5.41) is 5.12. The fourth-order valence-electron chi connectivity index (χ4n) is 2.59. The minimum absolute atomic E-state index is 0.171. The largest absolute Gasteiger partial charge is 0.336 e. The van der Waals surface area contributed by atoms with Gasteiger partial charge in [0.15, 0.2) is 5.82 Å². The molecule has 1 aromatic heterocycles. The van der Waals surface area contributed by atoms with Crippen molar-refractivity contribution in [2.24, 2.45) is 0 Å². The molecule has 2 aromatic carbocycles. The van der Waals surface area contributed by atoms with Crippen molar-refractivity contribution in [1.29, 1.82) is 0 Å². The molecule has 0 N–H and O–H groups in total. The molecule has 0 unspecified atom stereocenters. The van der Waals surface area contributed by atoms with Gasteiger partial charge < -0.3 is 4.90 Å². The SMILES string of the molecule is CCN(CC)C(=O)c1nc(-c2ccccc2)n(-c2ccc(Cl)cc2)n1. The second-order valence-electron chi connectivity index (χ2n) is 5.49. The maximum absolute atomic E-state index is 12.7. The Kier molecular flexibility index (Phi) is 5.14. The molecular formula is C19H19ClN4O. The molecular weight excluding hydrogens is 336 g/mol. The third-order valence-corrected chi connectivity index (χ3v) is 4.20. The lowest BCUT2D eigenvalue weighted by molar-refractivity contribution is 0.0761. The van der Waals surface area contributed by atoms with E-state index in [1.54, 1.807) is 21.7 Å². The number of amides is 1. The van der Waals surface area contributed by atoms with Crippen molar-refractivity contribution >= 4 is 17.5 Å². The Hall–Kier alpha value is -2.66. The highest BCUT2D eigenvalue weighted by Gasteiger charge is 2.21. The first-order valence-corrected chi connectivity index (χ1v) is 8.59. The molecule has 0 aliphatic heterocycles. The Bertz CT molecular complexity index is 855. The number of carbonyl (C=O) groups is 1. The van der Waals surface area contributed by atoms with Crippen LogP contribution in [0.5, 0.6) is 0 Å². The normalized spacial score (nSPS) is 10.7. The zero-order valence-electron chi connectivity index (χ0n) is 14.2. The number of hydrogen-bond acceptors (Lipinski definition) is 3. The Morgan fingerprint density at radius 1 is 1.04 bits per heavy atom. The van der Waals surface area contributed by atoms with E-state index in [1.165, 1.54) is 0 Å². The lowest BCUT2D eigenvalue weighted by Crippen LogP contribution is -2.31. The molecule has 6 heteroatoms. The van der Waals surface area contributed by atoms with Crippen LogP contribution in [0.1, 0.15) is 24.5 Å². The van der Waals surface area contributed by atoms with Crippen molar-refractivity contribution in [3.63, 3.8) is 0 Å². The second-order valence-corrected chi connectivity index (χ2v) is 5.93. The lowest BCUT2D eigenvalue weighted by atomic mass is 10.2. The maximum Gasteiger partial charge on any atom is 0.293 e. The van der Waals surface area contributed by atoms with Gasteiger partial charge in [0.1, 0.15) is 0 Å². The van der Waals surface area contributed by atoms with E-state index in [-0.39, 0.29) is 11.7 Å². The van der Waals surface area contributed by atoms with E-state index in [0.717, 1.165) is 11.3 Å². The Morgan fingerprint density at radius 2 is 1.68 bits per heavy atom. The van der Waals surface area contributed by atoms with Gasteiger partial charge in [-0.25, -0.2) is 9.67 Å². The zero-order valence-corrected chi connectivity index (χ0v) is 14.9. The molecule has 3 rings (SSSR count). The number of halogens is 1. The molecule has 1 heterocycles. The van der Waals surface area contributed by atoms with Crippen LogP contribution < -0.4 is 0 Å². The van der Waals surface area contributed by atoms with Gasteiger partial charge in [-0.15, -0.1) is 5.10 Å². The van der Waals surface area contributed by atoms with Crippen LogP contribution in [0.3, 0.4) is 0 Å². The predicted octanol–water partition coefficient (Wildman–Crippen LogP) is 4.07. The number of benzene rings is 2. The summed E-state index contributed by atoms with van der Waals surface area (Å²) < 4.78 is 1.68. The zero-order chi connectivity index (χ0) is 17.8. The van der Waals surface area contributed by atoms with E-state index in [4.69, 9.17) is 11.6 Å². The monoisotopic (exact) mass is 354 g/mol. The minimum atomic E-state index is -0.171. The van der Waals surface area contributed by atoms with Gasteiger partial charge in [0.25, 0.3) is 5.91 Å². The first-order chi connectivity index (χ1) is 12.1. The highest BCUT2D eigenvalue weighted by molar-refractivity contribution is 6.30. The second kappa shape index (κ2) is 7.49. The van der Waals surface area contributed by atoms with Crippen LogP contribution >= 0.6 is 11.6 Å². The fourth-order valence-corrected chi connectivity index (χ4v) is 2.72. The molecule has 0 saturated carbocycles. The summed E-state index contributed by atoms with van der Waals surface area (Å²) in [7, 11) is 0. The van der Waals surface area contributed by atoms with E-state index in [1.807, 2.05) is 56.3 Å². The standard InChI is InChI=1S/C19H19ClN4O/c1-3-23(4-2)19(25)17-21-18(14-8-6-5-7-9-14)24(22-17)16-12-10-15(20)11-13-16/h5-13H,3-4H2,1-2H3. The Balaban J connectivity index is 2.12. The summed E-state index contributed by atoms with van der Waals surface area (Å²) in [5.41, 5.74) is 1.69. The fraction of sp³-hybridized carbons (Fsp3) is 0.211. The molecule has 0 atom stereocenters. The van der Waals surface area contributed by atoms with Crippen LogP contribution in [-0.2, 0) is 0 Å². The molecule has 0 aliphatic carbocycles. The number of hydrogen-bond donors (Lipinski definition) is 0. The summed E-state index contributed by atoms with van der Waals surface area (Å²) in [6.07, 6.45) is 0. The first kappa shape index (κ1) is 17.2. The third-order valence-electron chi connectivity index (χ3n) is 3.95. The van der Waals surface area contributed by atoms with Crippen molar-refractivity contribution in [3.05, 3.63) is 65.4 Å². The van der Waals surface area contributed by atoms with Crippen molar-refractivity contribution in [2.75, 3.05) is 13.1 Å². The average molecular weight is 355 g/mol. The molecule has 5 nitrogen and oxygen atoms in total. The third kappa shape index (κ3) is 3.56. The van der Waals surface area contributed by atoms with Crippen LogP contribution in [0.25, 0.3) is 17.1 Å². The predicted molar refractivity (Wildman–Crippen MR) is 99.1 cm³/mol. The van der Waals surface area contributed by atoms with Crippen molar-refractivity contribution < 1.29 is 4.79 Å². The molecule has 0 fully saturated rings. The number of aromatic nitrogens is 3. The summed E-state index contributed by atoms with van der Waals surface area (Å²) in [6.45, 7) is 5.11. The van der Waals surface area contributed by atoms with Gasteiger partial charge in [-0.3, -0.25) is 4.79 Å². The Morgan fingerprint density at radius 3 is 2.28 bits per heavy atom. The number of rotatable bonds is 5. The summed E-state index contributed by atoms with van der Waals surface area (Å²) in [6, 6.07) is 17.0. The van der Waals surface area contributed by atoms with Crippen LogP contribution in [0.4, 0.5) is 0 Å². The maximum atomic E-state index is 12.7. The van der Waals surface area contributed by atoms with Gasteiger partial charge >= 0.3 is 0 Å². The van der Waals surface area contributed by atoms with Crippen LogP contribution in [0.15, 0.2) is 54.6 Å². The van der Waals surface area contributed by atoms with E-state index < -0.39 is 0 Å². The molecule has 0 saturated heterocycles. The molecule has 0 radical (unpaired) electrons. The summed E-state index contributed by atoms with van der Waals surface area (Å²) >= 11 is 5.98. The molecule has 128 valence electrons. The van der Waals surface area contributed by atoms with Gasteiger partial charge in [0.2, 0.25) is 5.82 Å². The topological polar surface area (TPSA) is 51.0 Å². The first-order valence-electron chi connectivity index (χ1n) is 8.21. The van der Waals surface area contributed by atoms with Gasteiger partial charge in [-0.2, -0.15) is 0 Å². The highest BCUT2D eigenvalue weighted by atomic mass is 35.5. The van der Waals surface area contributed by atoms with Crippen molar-refractivity contribution in [2.45, 2.75) is 13.8 Å². The van der Waals surface area contributed by atoms with Gasteiger partial charge in [-0.05, 0) is 38.1 Å². The minimum Gasteiger partial charge on any atom is -0.336 e. The van der Waals surface area contributed by atoms with E-state index >= 15 is 0 Å². The van der Waals surface area contributed by atoms with Crippen molar-refractivity contribution in [3.8, 4) is 17.1 Å². The molecule has 1 amide bonds. The smallest absolute Gasteiger partial charge is 0.293 e. The lowest BCUT2D eigenvalue weighted by Gasteiger charge is -2.15. The quantitative estimate of drug-likeness (QED) is 0.694. The number of carbonyl (C=O) groups excluding carboxylic acids is 1. The highest BCUT2D eigenvalue weighted by Crippen LogP contribution is 2.22. The van der Waals surface area contributed by atoms with E-state index in [0.29, 0.717) is 23.9 Å². The molecule has 0 bridgehead atoms. The summed E-state index contributed by atoms with van der Waals surface area (Å²) in [4.78, 5) is 18.9. The van der Waals surface area contributed by atoms with E-state index in [2.05, 4.69) is 10.1 Å². The van der Waals surface area contributed by atoms with E-state index in [9.17, 15) is 4.79 Å². The van der Waals surface area contributed by atoms with Gasteiger partial charge in [0, 0.05) is 23.7 Å². The molecule has 0 spiro atoms. The van der Waals surface area contributed by atoms with Gasteiger partial charge in [0.05, 0.1) is 5.69 Å². The average Bonchev–Trinajstić information content (AvgIpc) is 3.09. The van der Waals surface area contributed by atoms with Crippen LogP contribution in [-0.4, -0.2) is 38.7 Å². The summed E-state index contributed by atoms with van der Waals surface area (Å²) in [5.74, 6) is 0.644. The van der Waals surface area contributed by atoms with Crippen LogP contribution in [0, 0.1) is 0 Å². The van der Waals surface area contributed by atoms with Gasteiger partial charge in [-0.1, -0.05) is 41.9 Å².